The zero-order chi connectivity index (χ0) is 21.5. The molecule has 5 rings (SSSR count). The van der Waals surface area contributed by atoms with E-state index in [9.17, 15) is 4.79 Å². The van der Waals surface area contributed by atoms with Crippen LogP contribution >= 0.6 is 0 Å². The lowest BCUT2D eigenvalue weighted by Gasteiger charge is -2.12. The molecule has 1 aliphatic carbocycles. The van der Waals surface area contributed by atoms with Gasteiger partial charge < -0.3 is 9.47 Å². The SMILES string of the molecule is COc1cc(-c2cc(C3=CC3)c3c(n2)CN(c2cnn(CC#N)c2)C3=O)cnc1OC. The van der Waals surface area contributed by atoms with E-state index in [0.29, 0.717) is 40.8 Å². The van der Waals surface area contributed by atoms with Gasteiger partial charge in [0, 0.05) is 18.0 Å². The van der Waals surface area contributed by atoms with Crippen LogP contribution in [0.25, 0.3) is 16.8 Å². The summed E-state index contributed by atoms with van der Waals surface area (Å²) in [6.07, 6.45) is 7.92. The van der Waals surface area contributed by atoms with Crippen molar-refractivity contribution < 1.29 is 14.3 Å². The summed E-state index contributed by atoms with van der Waals surface area (Å²) < 4.78 is 12.1. The second-order valence-electron chi connectivity index (χ2n) is 7.19. The number of aromatic nitrogens is 4. The summed E-state index contributed by atoms with van der Waals surface area (Å²) >= 11 is 0. The van der Waals surface area contributed by atoms with Crippen LogP contribution < -0.4 is 14.4 Å². The van der Waals surface area contributed by atoms with Crippen molar-refractivity contribution in [1.29, 1.82) is 5.26 Å². The van der Waals surface area contributed by atoms with Crippen LogP contribution in [0.2, 0.25) is 0 Å². The number of pyridine rings is 2. The summed E-state index contributed by atoms with van der Waals surface area (Å²) in [6, 6.07) is 5.80. The summed E-state index contributed by atoms with van der Waals surface area (Å²) in [5.74, 6) is 0.796. The number of ether oxygens (including phenoxy) is 2. The number of amides is 1. The number of carbonyl (C=O) groups is 1. The Kier molecular flexibility index (Phi) is 4.40. The topological polar surface area (TPSA) is 106 Å². The quantitative estimate of drug-likeness (QED) is 0.610. The Hall–Kier alpha value is -4.19. The Bertz CT molecular complexity index is 1290. The third-order valence-electron chi connectivity index (χ3n) is 5.31. The maximum absolute atomic E-state index is 13.3. The van der Waals surface area contributed by atoms with Gasteiger partial charge >= 0.3 is 0 Å². The Morgan fingerprint density at radius 2 is 2.06 bits per heavy atom. The molecule has 0 radical (unpaired) electrons. The molecular formula is C22H18N6O3. The fourth-order valence-corrected chi connectivity index (χ4v) is 3.71. The second-order valence-corrected chi connectivity index (χ2v) is 7.19. The van der Waals surface area contributed by atoms with Gasteiger partial charge in [-0.3, -0.25) is 14.4 Å². The first kappa shape index (κ1) is 18.8. The number of carbonyl (C=O) groups excluding carboxylic acids is 1. The van der Waals surface area contributed by atoms with Crippen molar-refractivity contribution in [2.24, 2.45) is 0 Å². The Morgan fingerprint density at radius 3 is 2.77 bits per heavy atom. The van der Waals surface area contributed by atoms with E-state index in [0.717, 1.165) is 23.1 Å². The second kappa shape index (κ2) is 7.25. The molecule has 9 heteroatoms. The zero-order valence-corrected chi connectivity index (χ0v) is 17.0. The molecule has 4 heterocycles. The van der Waals surface area contributed by atoms with E-state index < -0.39 is 0 Å². The number of anilines is 1. The van der Waals surface area contributed by atoms with E-state index in [4.69, 9.17) is 19.7 Å². The van der Waals surface area contributed by atoms with Gasteiger partial charge in [-0.15, -0.1) is 0 Å². The fraction of sp³-hybridized carbons (Fsp3) is 0.227. The number of methoxy groups -OCH3 is 2. The van der Waals surface area contributed by atoms with Crippen molar-refractivity contribution in [2.75, 3.05) is 19.1 Å². The Morgan fingerprint density at radius 1 is 1.23 bits per heavy atom. The van der Waals surface area contributed by atoms with Gasteiger partial charge in [0.05, 0.1) is 55.7 Å². The number of fused-ring (bicyclic) bond motifs is 1. The highest BCUT2D eigenvalue weighted by molar-refractivity contribution is 6.13. The van der Waals surface area contributed by atoms with Crippen LogP contribution in [0.5, 0.6) is 11.6 Å². The maximum Gasteiger partial charge on any atom is 0.261 e. The molecule has 1 amide bonds. The molecule has 0 unspecified atom stereocenters. The van der Waals surface area contributed by atoms with Gasteiger partial charge in [0.2, 0.25) is 0 Å². The average Bonchev–Trinajstić information content (AvgIpc) is 3.45. The third-order valence-corrected chi connectivity index (χ3v) is 5.31. The zero-order valence-electron chi connectivity index (χ0n) is 17.0. The average molecular weight is 414 g/mol. The van der Waals surface area contributed by atoms with E-state index in [1.165, 1.54) is 11.8 Å². The van der Waals surface area contributed by atoms with E-state index in [2.05, 4.69) is 16.2 Å². The molecule has 9 nitrogen and oxygen atoms in total. The molecule has 0 aromatic carbocycles. The normalized spacial score (nSPS) is 14.2. The molecule has 2 aliphatic rings. The van der Waals surface area contributed by atoms with Gasteiger partial charge in [-0.05, 0) is 29.7 Å². The first-order valence-electron chi connectivity index (χ1n) is 9.66. The summed E-state index contributed by atoms with van der Waals surface area (Å²) in [4.78, 5) is 24.0. The molecule has 0 bridgehead atoms. The molecule has 0 N–H and O–H groups in total. The van der Waals surface area contributed by atoms with Crippen LogP contribution in [0.3, 0.4) is 0 Å². The molecule has 3 aromatic rings. The van der Waals surface area contributed by atoms with Crippen LogP contribution in [-0.4, -0.2) is 39.9 Å². The van der Waals surface area contributed by atoms with E-state index >= 15 is 0 Å². The smallest absolute Gasteiger partial charge is 0.261 e. The Balaban J connectivity index is 1.57. The minimum absolute atomic E-state index is 0.112. The van der Waals surface area contributed by atoms with Gasteiger partial charge in [0.1, 0.15) is 6.54 Å². The maximum atomic E-state index is 13.3. The number of allylic oxidation sites excluding steroid dienone is 2. The van der Waals surface area contributed by atoms with Crippen LogP contribution in [0.1, 0.15) is 28.0 Å². The molecule has 0 atom stereocenters. The first-order chi connectivity index (χ1) is 15.1. The van der Waals surface area contributed by atoms with Gasteiger partial charge in [-0.2, -0.15) is 10.4 Å². The van der Waals surface area contributed by atoms with Crippen molar-refractivity contribution >= 4 is 17.2 Å². The number of nitrogens with zero attached hydrogens (tertiary/aromatic N) is 6. The van der Waals surface area contributed by atoms with Crippen LogP contribution in [0.4, 0.5) is 5.69 Å². The van der Waals surface area contributed by atoms with Gasteiger partial charge in [-0.25, -0.2) is 9.97 Å². The molecule has 0 saturated carbocycles. The molecule has 0 fully saturated rings. The van der Waals surface area contributed by atoms with Crippen LogP contribution in [0.15, 0.2) is 36.8 Å². The first-order valence-corrected chi connectivity index (χ1v) is 9.66. The largest absolute Gasteiger partial charge is 0.491 e. The third kappa shape index (κ3) is 3.18. The van der Waals surface area contributed by atoms with Crippen molar-refractivity contribution in [3.8, 4) is 29.0 Å². The van der Waals surface area contributed by atoms with Gasteiger partial charge in [-0.1, -0.05) is 6.08 Å². The van der Waals surface area contributed by atoms with E-state index in [1.807, 2.05) is 18.2 Å². The molecule has 31 heavy (non-hydrogen) atoms. The number of nitriles is 1. The summed E-state index contributed by atoms with van der Waals surface area (Å²) in [5, 5.41) is 13.0. The van der Waals surface area contributed by atoms with Crippen molar-refractivity contribution in [2.45, 2.75) is 19.5 Å². The lowest BCUT2D eigenvalue weighted by atomic mass is 10.0. The van der Waals surface area contributed by atoms with Gasteiger partial charge in [0.25, 0.3) is 11.8 Å². The van der Waals surface area contributed by atoms with E-state index in [-0.39, 0.29) is 12.5 Å². The van der Waals surface area contributed by atoms with E-state index in [1.54, 1.807) is 30.6 Å². The summed E-state index contributed by atoms with van der Waals surface area (Å²) in [7, 11) is 3.09. The Labute approximate surface area is 178 Å². The molecule has 0 spiro atoms. The summed E-state index contributed by atoms with van der Waals surface area (Å²) in [6.45, 7) is 0.461. The fourth-order valence-electron chi connectivity index (χ4n) is 3.71. The highest BCUT2D eigenvalue weighted by Gasteiger charge is 2.35. The van der Waals surface area contributed by atoms with Crippen molar-refractivity contribution in [3.63, 3.8) is 0 Å². The summed E-state index contributed by atoms with van der Waals surface area (Å²) in [5.41, 5.74) is 5.47. The lowest BCUT2D eigenvalue weighted by Crippen LogP contribution is -2.23. The highest BCUT2D eigenvalue weighted by atomic mass is 16.5. The van der Waals surface area contributed by atoms with Crippen LogP contribution in [0, 0.1) is 11.3 Å². The lowest BCUT2D eigenvalue weighted by molar-refractivity contribution is 0.0996. The molecule has 0 saturated heterocycles. The minimum atomic E-state index is -0.112. The predicted octanol–water partition coefficient (Wildman–Crippen LogP) is 2.83. The minimum Gasteiger partial charge on any atom is -0.491 e. The number of rotatable bonds is 6. The molecule has 3 aromatic heterocycles. The predicted molar refractivity (Wildman–Crippen MR) is 112 cm³/mol. The standard InChI is InChI=1S/C22H18N6O3/c1-30-19-7-14(9-24-21(19)31-2)17-8-16(13-3-4-13)20-18(26-17)12-28(22(20)29)15-10-25-27(11-15)6-5-23/h3,7-11H,4,6,12H2,1-2H3. The monoisotopic (exact) mass is 414 g/mol. The number of hydrogen-bond donors (Lipinski definition) is 0. The van der Waals surface area contributed by atoms with Gasteiger partial charge in [0.15, 0.2) is 5.75 Å². The van der Waals surface area contributed by atoms with Crippen LogP contribution in [-0.2, 0) is 13.1 Å². The molecule has 1 aliphatic heterocycles. The number of hydrogen-bond acceptors (Lipinski definition) is 7. The highest BCUT2D eigenvalue weighted by Crippen LogP contribution is 2.40. The van der Waals surface area contributed by atoms with Crippen molar-refractivity contribution in [3.05, 3.63) is 53.6 Å². The molecule has 154 valence electrons. The molecular weight excluding hydrogens is 396 g/mol. The van der Waals surface area contributed by atoms with Crippen molar-refractivity contribution in [1.82, 2.24) is 19.7 Å².